The molecule has 6 nitrogen and oxygen atoms in total. The quantitative estimate of drug-likeness (QED) is 0.158. The summed E-state index contributed by atoms with van der Waals surface area (Å²) >= 11 is 0. The predicted molar refractivity (Wildman–Crippen MR) is 163 cm³/mol. The molecule has 0 bridgehead atoms. The van der Waals surface area contributed by atoms with E-state index in [9.17, 15) is 22.8 Å². The number of carbonyl (C=O) groups excluding carboxylic acids is 1. The van der Waals surface area contributed by atoms with Gasteiger partial charge in [0.05, 0.1) is 34.0 Å². The number of halogens is 3. The number of aromatic nitrogens is 2. The molecule has 0 aliphatic heterocycles. The molecule has 0 saturated carbocycles. The third kappa shape index (κ3) is 7.29. The van der Waals surface area contributed by atoms with Crippen LogP contribution >= 0.6 is 0 Å². The molecule has 1 unspecified atom stereocenters. The maximum absolute atomic E-state index is 13.2. The second-order valence-corrected chi connectivity index (χ2v) is 10.6. The molecular weight excluding hydrogens is 567 g/mol. The van der Waals surface area contributed by atoms with Gasteiger partial charge in [0, 0.05) is 17.5 Å². The monoisotopic (exact) mass is 597 g/mol. The van der Waals surface area contributed by atoms with E-state index in [1.165, 1.54) is 12.1 Å². The molecule has 1 aromatic heterocycles. The van der Waals surface area contributed by atoms with Crippen LogP contribution in [0.3, 0.4) is 0 Å². The van der Waals surface area contributed by atoms with Crippen LogP contribution in [0.5, 0.6) is 0 Å². The summed E-state index contributed by atoms with van der Waals surface area (Å²) in [6.45, 7) is 1.90. The fourth-order valence-corrected chi connectivity index (χ4v) is 4.98. The fourth-order valence-electron chi connectivity index (χ4n) is 4.98. The van der Waals surface area contributed by atoms with Gasteiger partial charge in [-0.2, -0.15) is 13.2 Å². The van der Waals surface area contributed by atoms with E-state index < -0.39 is 17.7 Å². The van der Waals surface area contributed by atoms with Gasteiger partial charge in [0.25, 0.3) is 5.91 Å². The van der Waals surface area contributed by atoms with Gasteiger partial charge in [-0.05, 0) is 73.2 Å². The normalized spacial score (nSPS) is 12.2. The van der Waals surface area contributed by atoms with Crippen molar-refractivity contribution < 1.29 is 27.9 Å². The van der Waals surface area contributed by atoms with Crippen LogP contribution in [0.1, 0.15) is 59.4 Å². The number of hydrogen-bond donors (Lipinski definition) is 2. The van der Waals surface area contributed by atoms with Crippen LogP contribution in [-0.2, 0) is 17.4 Å². The Kier molecular flexibility index (Phi) is 9.04. The highest BCUT2D eigenvalue weighted by molar-refractivity contribution is 5.97. The molecular formula is C35H30F3N3O3. The summed E-state index contributed by atoms with van der Waals surface area (Å²) in [5.41, 5.74) is 5.10. The maximum Gasteiger partial charge on any atom is 0.416 e. The third-order valence-corrected chi connectivity index (χ3v) is 7.40. The van der Waals surface area contributed by atoms with Crippen LogP contribution in [0, 0.1) is 0 Å². The number of carboxylic acid groups (broad SMARTS) is 1. The molecule has 0 spiro atoms. The minimum atomic E-state index is -4.46. The van der Waals surface area contributed by atoms with Gasteiger partial charge in [-0.1, -0.05) is 66.7 Å². The Bertz CT molecular complexity index is 1770. The van der Waals surface area contributed by atoms with E-state index >= 15 is 0 Å². The van der Waals surface area contributed by atoms with Crippen molar-refractivity contribution in [3.05, 3.63) is 119 Å². The van der Waals surface area contributed by atoms with Gasteiger partial charge in [-0.25, -0.2) is 9.97 Å². The SMILES string of the molecule is CC(NC(=O)c1ccc2nc(-c3ccc(C(F)(F)F)cc3)c(CCCCC(=O)O)nc2c1)c1ccc(-c2ccccc2)cc1. The number of rotatable bonds is 10. The molecule has 5 rings (SSSR count). The largest absolute Gasteiger partial charge is 0.481 e. The Morgan fingerprint density at radius 1 is 0.795 bits per heavy atom. The highest BCUT2D eigenvalue weighted by atomic mass is 19.4. The number of amides is 1. The van der Waals surface area contributed by atoms with Crippen LogP contribution in [0.2, 0.25) is 0 Å². The minimum absolute atomic E-state index is 0.00584. The van der Waals surface area contributed by atoms with Crippen LogP contribution in [0.15, 0.2) is 97.1 Å². The molecule has 0 aliphatic carbocycles. The van der Waals surface area contributed by atoms with E-state index in [1.54, 1.807) is 18.2 Å². The van der Waals surface area contributed by atoms with Crippen molar-refractivity contribution in [2.24, 2.45) is 0 Å². The van der Waals surface area contributed by atoms with E-state index in [0.717, 1.165) is 28.8 Å². The molecule has 0 saturated heterocycles. The van der Waals surface area contributed by atoms with E-state index in [0.29, 0.717) is 52.8 Å². The molecule has 4 aromatic carbocycles. The second kappa shape index (κ2) is 13.1. The Morgan fingerprint density at radius 3 is 2.11 bits per heavy atom. The Hall–Kier alpha value is -5.05. The van der Waals surface area contributed by atoms with Crippen LogP contribution in [0.4, 0.5) is 13.2 Å². The number of nitrogens with zero attached hydrogens (tertiary/aromatic N) is 2. The lowest BCUT2D eigenvalue weighted by molar-refractivity contribution is -0.138. The zero-order chi connectivity index (χ0) is 31.3. The van der Waals surface area contributed by atoms with Crippen molar-refractivity contribution in [2.45, 2.75) is 44.8 Å². The van der Waals surface area contributed by atoms with Gasteiger partial charge < -0.3 is 10.4 Å². The zero-order valence-corrected chi connectivity index (χ0v) is 23.9. The number of hydrogen-bond acceptors (Lipinski definition) is 4. The van der Waals surface area contributed by atoms with Crippen LogP contribution in [0.25, 0.3) is 33.4 Å². The van der Waals surface area contributed by atoms with Crippen molar-refractivity contribution in [1.82, 2.24) is 15.3 Å². The topological polar surface area (TPSA) is 92.2 Å². The van der Waals surface area contributed by atoms with Crippen LogP contribution < -0.4 is 5.32 Å². The van der Waals surface area contributed by atoms with Gasteiger partial charge in [-0.3, -0.25) is 9.59 Å². The van der Waals surface area contributed by atoms with Crippen LogP contribution in [-0.4, -0.2) is 27.0 Å². The highest BCUT2D eigenvalue weighted by Gasteiger charge is 2.30. The number of carbonyl (C=O) groups is 2. The molecule has 2 N–H and O–H groups in total. The van der Waals surface area contributed by atoms with Crippen molar-refractivity contribution in [2.75, 3.05) is 0 Å². The molecule has 1 atom stereocenters. The molecule has 0 aliphatic rings. The first-order valence-electron chi connectivity index (χ1n) is 14.2. The Labute approximate surface area is 252 Å². The molecule has 5 aromatic rings. The summed E-state index contributed by atoms with van der Waals surface area (Å²) in [5, 5.41) is 12.0. The molecule has 1 amide bonds. The number of unbranched alkanes of at least 4 members (excludes halogenated alkanes) is 1. The van der Waals surface area contributed by atoms with E-state index in [-0.39, 0.29) is 18.4 Å². The first kappa shape index (κ1) is 30.4. The number of benzene rings is 4. The number of nitrogens with one attached hydrogen (secondary N) is 1. The number of alkyl halides is 3. The van der Waals surface area contributed by atoms with Crippen molar-refractivity contribution in [3.8, 4) is 22.4 Å². The summed E-state index contributed by atoms with van der Waals surface area (Å²) in [6, 6.07) is 27.4. The number of fused-ring (bicyclic) bond motifs is 1. The van der Waals surface area contributed by atoms with E-state index in [1.807, 2.05) is 61.5 Å². The lowest BCUT2D eigenvalue weighted by Gasteiger charge is -2.16. The Morgan fingerprint density at radius 2 is 1.45 bits per heavy atom. The highest BCUT2D eigenvalue weighted by Crippen LogP contribution is 2.32. The smallest absolute Gasteiger partial charge is 0.416 e. The van der Waals surface area contributed by atoms with E-state index in [4.69, 9.17) is 15.1 Å². The van der Waals surface area contributed by atoms with Gasteiger partial charge in [0.2, 0.25) is 0 Å². The molecule has 1 heterocycles. The van der Waals surface area contributed by atoms with Gasteiger partial charge >= 0.3 is 12.1 Å². The second-order valence-electron chi connectivity index (χ2n) is 10.6. The minimum Gasteiger partial charge on any atom is -0.481 e. The van der Waals surface area contributed by atoms with Gasteiger partial charge in [-0.15, -0.1) is 0 Å². The summed E-state index contributed by atoms with van der Waals surface area (Å²) in [7, 11) is 0. The van der Waals surface area contributed by atoms with Gasteiger partial charge in [0.1, 0.15) is 0 Å². The zero-order valence-electron chi connectivity index (χ0n) is 23.9. The summed E-state index contributed by atoms with van der Waals surface area (Å²) < 4.78 is 39.4. The number of carboxylic acids is 1. The van der Waals surface area contributed by atoms with Crippen molar-refractivity contribution >= 4 is 22.9 Å². The Balaban J connectivity index is 1.38. The number of aliphatic carboxylic acids is 1. The molecule has 0 fully saturated rings. The molecule has 0 radical (unpaired) electrons. The lowest BCUT2D eigenvalue weighted by atomic mass is 10.0. The molecule has 224 valence electrons. The third-order valence-electron chi connectivity index (χ3n) is 7.40. The first-order chi connectivity index (χ1) is 21.1. The number of aryl methyl sites for hydroxylation is 1. The van der Waals surface area contributed by atoms with E-state index in [2.05, 4.69) is 5.32 Å². The summed E-state index contributed by atoms with van der Waals surface area (Å²) in [5.74, 6) is -1.20. The van der Waals surface area contributed by atoms with Crippen molar-refractivity contribution in [3.63, 3.8) is 0 Å². The average Bonchev–Trinajstić information content (AvgIpc) is 3.02. The maximum atomic E-state index is 13.2. The molecule has 44 heavy (non-hydrogen) atoms. The summed E-state index contributed by atoms with van der Waals surface area (Å²) in [6.07, 6.45) is -3.19. The first-order valence-corrected chi connectivity index (χ1v) is 14.2. The standard InChI is InChI=1S/C35H30F3N3O3/c1-22(23-11-13-25(14-12-23)24-7-3-2-4-8-24)39-34(44)27-17-20-29-31(21-27)40-30(9-5-6-10-32(42)43)33(41-29)26-15-18-28(19-16-26)35(36,37)38/h2-4,7-8,11-22H,5-6,9-10H2,1H3,(H,39,44)(H,42,43). The lowest BCUT2D eigenvalue weighted by Crippen LogP contribution is -2.26. The fraction of sp³-hybridized carbons (Fsp3) is 0.200. The summed E-state index contributed by atoms with van der Waals surface area (Å²) in [4.78, 5) is 33.6. The molecule has 9 heteroatoms. The van der Waals surface area contributed by atoms with Gasteiger partial charge in [0.15, 0.2) is 0 Å². The average molecular weight is 598 g/mol. The van der Waals surface area contributed by atoms with Crippen molar-refractivity contribution in [1.29, 1.82) is 0 Å². The predicted octanol–water partition coefficient (Wildman–Crippen LogP) is 8.27.